The summed E-state index contributed by atoms with van der Waals surface area (Å²) in [6, 6.07) is 0. The molecule has 0 bridgehead atoms. The summed E-state index contributed by atoms with van der Waals surface area (Å²) >= 11 is 4.98. The molecule has 2 atom stereocenters. The molecule has 2 N–H and O–H groups in total. The standard InChI is InChI=1S/C11H18N2OS/c1-7-6-9(7)11(14)13-4-2-8(3-5-13)10(12)15/h7-9H,2-6H2,1H3,(H2,12,15). The highest BCUT2D eigenvalue weighted by Crippen LogP contribution is 2.39. The Morgan fingerprint density at radius 2 is 1.93 bits per heavy atom. The maximum absolute atomic E-state index is 11.9. The lowest BCUT2D eigenvalue weighted by molar-refractivity contribution is -0.134. The fraction of sp³-hybridized carbons (Fsp3) is 0.818. The minimum Gasteiger partial charge on any atom is -0.393 e. The van der Waals surface area contributed by atoms with Gasteiger partial charge in [0.25, 0.3) is 0 Å². The molecule has 0 spiro atoms. The van der Waals surface area contributed by atoms with E-state index in [9.17, 15) is 4.79 Å². The fourth-order valence-electron chi connectivity index (χ4n) is 2.29. The van der Waals surface area contributed by atoms with E-state index in [4.69, 9.17) is 18.0 Å². The van der Waals surface area contributed by atoms with Gasteiger partial charge in [0.2, 0.25) is 5.91 Å². The van der Waals surface area contributed by atoms with Crippen molar-refractivity contribution in [1.82, 2.24) is 4.90 Å². The molecule has 2 rings (SSSR count). The Morgan fingerprint density at radius 3 is 2.33 bits per heavy atom. The van der Waals surface area contributed by atoms with E-state index in [2.05, 4.69) is 6.92 Å². The normalized spacial score (nSPS) is 31.4. The molecule has 2 unspecified atom stereocenters. The SMILES string of the molecule is CC1CC1C(=O)N1CCC(C(N)=S)CC1. The number of nitrogens with zero attached hydrogens (tertiary/aromatic N) is 1. The lowest BCUT2D eigenvalue weighted by Crippen LogP contribution is -2.42. The zero-order valence-corrected chi connectivity index (χ0v) is 9.93. The molecule has 2 fully saturated rings. The molecule has 0 aromatic carbocycles. The van der Waals surface area contributed by atoms with Crippen molar-refractivity contribution in [2.24, 2.45) is 23.5 Å². The van der Waals surface area contributed by atoms with Gasteiger partial charge >= 0.3 is 0 Å². The van der Waals surface area contributed by atoms with E-state index in [0.717, 1.165) is 32.4 Å². The van der Waals surface area contributed by atoms with Crippen LogP contribution in [-0.4, -0.2) is 28.9 Å². The average Bonchev–Trinajstić information content (AvgIpc) is 2.94. The van der Waals surface area contributed by atoms with Gasteiger partial charge in [-0.05, 0) is 25.2 Å². The Labute approximate surface area is 96.0 Å². The van der Waals surface area contributed by atoms with E-state index in [1.54, 1.807) is 0 Å². The Hall–Kier alpha value is -0.640. The van der Waals surface area contributed by atoms with Gasteiger partial charge in [-0.25, -0.2) is 0 Å². The minimum atomic E-state index is 0.311. The molecule has 4 heteroatoms. The summed E-state index contributed by atoms with van der Waals surface area (Å²) in [4.78, 5) is 14.5. The van der Waals surface area contributed by atoms with E-state index in [0.29, 0.717) is 28.6 Å². The Morgan fingerprint density at radius 1 is 1.40 bits per heavy atom. The van der Waals surface area contributed by atoms with Crippen molar-refractivity contribution in [2.45, 2.75) is 26.2 Å². The number of carbonyl (C=O) groups excluding carboxylic acids is 1. The first-order chi connectivity index (χ1) is 7.09. The van der Waals surface area contributed by atoms with Gasteiger partial charge in [-0.3, -0.25) is 4.79 Å². The van der Waals surface area contributed by atoms with Crippen LogP contribution in [0.1, 0.15) is 26.2 Å². The summed E-state index contributed by atoms with van der Waals surface area (Å²) in [5.74, 6) is 1.61. The zero-order chi connectivity index (χ0) is 11.0. The average molecular weight is 226 g/mol. The van der Waals surface area contributed by atoms with Gasteiger partial charge in [-0.15, -0.1) is 0 Å². The maximum atomic E-state index is 11.9. The topological polar surface area (TPSA) is 46.3 Å². The van der Waals surface area contributed by atoms with Crippen LogP contribution in [0.4, 0.5) is 0 Å². The number of carbonyl (C=O) groups is 1. The number of thiocarbonyl (C=S) groups is 1. The summed E-state index contributed by atoms with van der Waals surface area (Å²) in [7, 11) is 0. The molecule has 1 saturated heterocycles. The van der Waals surface area contributed by atoms with Crippen LogP contribution in [-0.2, 0) is 4.79 Å². The quantitative estimate of drug-likeness (QED) is 0.719. The summed E-state index contributed by atoms with van der Waals surface area (Å²) in [6.07, 6.45) is 2.97. The van der Waals surface area contributed by atoms with E-state index in [1.165, 1.54) is 0 Å². The fourth-order valence-corrected chi connectivity index (χ4v) is 2.52. The van der Waals surface area contributed by atoms with Crippen LogP contribution < -0.4 is 5.73 Å². The van der Waals surface area contributed by atoms with Gasteiger partial charge in [0.05, 0.1) is 4.99 Å². The number of piperidine rings is 1. The highest BCUT2D eigenvalue weighted by molar-refractivity contribution is 7.80. The lowest BCUT2D eigenvalue weighted by atomic mass is 9.96. The van der Waals surface area contributed by atoms with Gasteiger partial charge in [-0.1, -0.05) is 19.1 Å². The summed E-state index contributed by atoms with van der Waals surface area (Å²) in [5, 5.41) is 0. The van der Waals surface area contributed by atoms with Crippen LogP contribution in [0.3, 0.4) is 0 Å². The third-order valence-electron chi connectivity index (χ3n) is 3.64. The highest BCUT2D eigenvalue weighted by Gasteiger charge is 2.42. The molecule has 1 saturated carbocycles. The van der Waals surface area contributed by atoms with Crippen molar-refractivity contribution in [3.05, 3.63) is 0 Å². The second-order valence-corrected chi connectivity index (χ2v) is 5.29. The summed E-state index contributed by atoms with van der Waals surface area (Å²) in [6.45, 7) is 3.82. The lowest BCUT2D eigenvalue weighted by Gasteiger charge is -2.31. The van der Waals surface area contributed by atoms with Gasteiger partial charge in [-0.2, -0.15) is 0 Å². The van der Waals surface area contributed by atoms with Crippen molar-refractivity contribution in [3.8, 4) is 0 Å². The molecule has 1 aliphatic carbocycles. The molecule has 0 radical (unpaired) electrons. The number of amides is 1. The molecular weight excluding hydrogens is 208 g/mol. The number of nitrogens with two attached hydrogens (primary N) is 1. The van der Waals surface area contributed by atoms with E-state index in [-0.39, 0.29) is 0 Å². The molecule has 3 nitrogen and oxygen atoms in total. The predicted molar refractivity (Wildman–Crippen MR) is 63.4 cm³/mol. The second-order valence-electron chi connectivity index (χ2n) is 4.82. The van der Waals surface area contributed by atoms with Crippen LogP contribution >= 0.6 is 12.2 Å². The molecule has 1 amide bonds. The van der Waals surface area contributed by atoms with Crippen molar-refractivity contribution < 1.29 is 4.79 Å². The van der Waals surface area contributed by atoms with Crippen LogP contribution in [0, 0.1) is 17.8 Å². The first-order valence-electron chi connectivity index (χ1n) is 5.67. The molecule has 84 valence electrons. The van der Waals surface area contributed by atoms with Crippen LogP contribution in [0.25, 0.3) is 0 Å². The monoisotopic (exact) mass is 226 g/mol. The second kappa shape index (κ2) is 4.08. The molecule has 2 aliphatic rings. The van der Waals surface area contributed by atoms with Crippen LogP contribution in [0.2, 0.25) is 0 Å². The van der Waals surface area contributed by atoms with Crippen LogP contribution in [0.5, 0.6) is 0 Å². The van der Waals surface area contributed by atoms with Crippen LogP contribution in [0.15, 0.2) is 0 Å². The summed E-state index contributed by atoms with van der Waals surface area (Å²) in [5.41, 5.74) is 5.61. The van der Waals surface area contributed by atoms with E-state index < -0.39 is 0 Å². The number of likely N-dealkylation sites (tertiary alicyclic amines) is 1. The molecular formula is C11H18N2OS. The molecule has 0 aromatic rings. The first-order valence-corrected chi connectivity index (χ1v) is 6.08. The molecule has 15 heavy (non-hydrogen) atoms. The number of hydrogen-bond acceptors (Lipinski definition) is 2. The highest BCUT2D eigenvalue weighted by atomic mass is 32.1. The minimum absolute atomic E-state index is 0.311. The third-order valence-corrected chi connectivity index (χ3v) is 3.97. The third kappa shape index (κ3) is 2.30. The van der Waals surface area contributed by atoms with Crippen molar-refractivity contribution in [3.63, 3.8) is 0 Å². The van der Waals surface area contributed by atoms with Gasteiger partial charge < -0.3 is 10.6 Å². The van der Waals surface area contributed by atoms with Crippen molar-refractivity contribution in [2.75, 3.05) is 13.1 Å². The Kier molecular flexibility index (Phi) is 2.96. The van der Waals surface area contributed by atoms with Crippen molar-refractivity contribution >= 4 is 23.1 Å². The van der Waals surface area contributed by atoms with Gasteiger partial charge in [0.15, 0.2) is 0 Å². The summed E-state index contributed by atoms with van der Waals surface area (Å²) < 4.78 is 0. The van der Waals surface area contributed by atoms with Gasteiger partial charge in [0.1, 0.15) is 0 Å². The predicted octanol–water partition coefficient (Wildman–Crippen LogP) is 1.17. The number of hydrogen-bond donors (Lipinski definition) is 1. The van der Waals surface area contributed by atoms with Gasteiger partial charge in [0, 0.05) is 24.9 Å². The molecule has 0 aromatic heterocycles. The van der Waals surface area contributed by atoms with Crippen molar-refractivity contribution in [1.29, 1.82) is 0 Å². The smallest absolute Gasteiger partial charge is 0.225 e. The first kappa shape index (κ1) is 10.9. The Bertz CT molecular complexity index is 284. The number of rotatable bonds is 2. The molecule has 1 heterocycles. The maximum Gasteiger partial charge on any atom is 0.225 e. The largest absolute Gasteiger partial charge is 0.393 e. The van der Waals surface area contributed by atoms with E-state index in [1.807, 2.05) is 4.90 Å². The Balaban J connectivity index is 1.83. The molecule has 1 aliphatic heterocycles. The zero-order valence-electron chi connectivity index (χ0n) is 9.11. The van der Waals surface area contributed by atoms with E-state index >= 15 is 0 Å².